The van der Waals surface area contributed by atoms with Gasteiger partial charge in [-0.2, -0.15) is 0 Å². The maximum absolute atomic E-state index is 14.8. The van der Waals surface area contributed by atoms with Gasteiger partial charge >= 0.3 is 0 Å². The second kappa shape index (κ2) is 7.84. The minimum absolute atomic E-state index is 0.0772. The highest BCUT2D eigenvalue weighted by Crippen LogP contribution is 2.39. The molecule has 1 aliphatic carbocycles. The molecule has 1 aliphatic rings. The molecule has 0 aliphatic heterocycles. The molecule has 5 aromatic rings. The van der Waals surface area contributed by atoms with E-state index in [9.17, 15) is 9.18 Å². The number of hydrogen-bond donors (Lipinski definition) is 1. The number of imidazole rings is 1. The lowest BCUT2D eigenvalue weighted by atomic mass is 10.1. The summed E-state index contributed by atoms with van der Waals surface area (Å²) >= 11 is 0. The van der Waals surface area contributed by atoms with E-state index < -0.39 is 11.7 Å². The highest BCUT2D eigenvalue weighted by Gasteiger charge is 2.26. The zero-order chi connectivity index (χ0) is 23.2. The number of carbonyl (C=O) groups excluding carboxylic acids is 1. The lowest BCUT2D eigenvalue weighted by Gasteiger charge is -2.11. The minimum atomic E-state index is -0.605. The van der Waals surface area contributed by atoms with Gasteiger partial charge in [-0.25, -0.2) is 19.3 Å². The van der Waals surface area contributed by atoms with Gasteiger partial charge in [0.05, 0.1) is 23.3 Å². The number of halogens is 1. The first-order valence-electron chi connectivity index (χ1n) is 10.9. The van der Waals surface area contributed by atoms with Crippen molar-refractivity contribution in [2.75, 3.05) is 5.32 Å². The molecule has 4 heterocycles. The van der Waals surface area contributed by atoms with Crippen molar-refractivity contribution in [3.63, 3.8) is 0 Å². The van der Waals surface area contributed by atoms with Crippen LogP contribution in [0.25, 0.3) is 23.0 Å². The third kappa shape index (κ3) is 3.58. The molecule has 1 saturated carbocycles. The van der Waals surface area contributed by atoms with Gasteiger partial charge in [-0.05, 0) is 55.7 Å². The summed E-state index contributed by atoms with van der Waals surface area (Å²) in [6, 6.07) is 9.78. The van der Waals surface area contributed by atoms with E-state index in [0.29, 0.717) is 34.5 Å². The van der Waals surface area contributed by atoms with Gasteiger partial charge in [0.2, 0.25) is 0 Å². The van der Waals surface area contributed by atoms with Crippen LogP contribution in [0, 0.1) is 12.7 Å². The maximum Gasteiger partial charge on any atom is 0.259 e. The average molecular weight is 454 g/mol. The fourth-order valence-corrected chi connectivity index (χ4v) is 3.90. The number of aromatic nitrogens is 7. The summed E-state index contributed by atoms with van der Waals surface area (Å²) in [5.74, 6) is 0.484. The topological polar surface area (TPSA) is 103 Å². The number of fused-ring (bicyclic) bond motifs is 1. The normalized spacial score (nSPS) is 13.4. The molecule has 1 fully saturated rings. The van der Waals surface area contributed by atoms with Crippen LogP contribution in [0.1, 0.15) is 40.4 Å². The fraction of sp³-hybridized carbons (Fsp3) is 0.167. The highest BCUT2D eigenvalue weighted by molar-refractivity contribution is 6.04. The van der Waals surface area contributed by atoms with Crippen molar-refractivity contribution in [3.8, 4) is 17.2 Å². The van der Waals surface area contributed by atoms with Crippen molar-refractivity contribution in [1.82, 2.24) is 34.1 Å². The van der Waals surface area contributed by atoms with Gasteiger partial charge in [0.1, 0.15) is 17.3 Å². The lowest BCUT2D eigenvalue weighted by molar-refractivity contribution is 0.102. The number of hydrogen-bond acceptors (Lipinski definition) is 6. The van der Waals surface area contributed by atoms with E-state index in [4.69, 9.17) is 0 Å². The molecule has 10 heteroatoms. The molecule has 4 aromatic heterocycles. The number of benzene rings is 1. The van der Waals surface area contributed by atoms with Gasteiger partial charge < -0.3 is 9.88 Å². The number of nitrogens with zero attached hydrogens (tertiary/aromatic N) is 7. The monoisotopic (exact) mass is 454 g/mol. The Labute approximate surface area is 193 Å². The third-order valence-corrected chi connectivity index (χ3v) is 5.82. The van der Waals surface area contributed by atoms with E-state index in [0.717, 1.165) is 18.5 Å². The largest absolute Gasteiger partial charge is 0.306 e. The van der Waals surface area contributed by atoms with Gasteiger partial charge in [-0.3, -0.25) is 9.20 Å². The van der Waals surface area contributed by atoms with Crippen molar-refractivity contribution >= 4 is 17.5 Å². The Kier molecular flexibility index (Phi) is 4.65. The zero-order valence-corrected chi connectivity index (χ0v) is 18.2. The highest BCUT2D eigenvalue weighted by atomic mass is 19.1. The van der Waals surface area contributed by atoms with Gasteiger partial charge in [-0.15, -0.1) is 10.2 Å². The molecular formula is C24H19FN8O. The van der Waals surface area contributed by atoms with Crippen LogP contribution < -0.4 is 5.32 Å². The smallest absolute Gasteiger partial charge is 0.259 e. The first-order chi connectivity index (χ1) is 16.6. The van der Waals surface area contributed by atoms with Crippen LogP contribution in [0.5, 0.6) is 0 Å². The summed E-state index contributed by atoms with van der Waals surface area (Å²) in [6.45, 7) is 1.81. The first kappa shape index (κ1) is 20.2. The molecule has 34 heavy (non-hydrogen) atoms. The molecule has 0 radical (unpaired) electrons. The van der Waals surface area contributed by atoms with Crippen LogP contribution in [0.3, 0.4) is 0 Å². The van der Waals surface area contributed by atoms with Gasteiger partial charge in [0.15, 0.2) is 5.82 Å². The van der Waals surface area contributed by atoms with Crippen molar-refractivity contribution in [2.45, 2.75) is 25.7 Å². The van der Waals surface area contributed by atoms with Crippen molar-refractivity contribution in [2.24, 2.45) is 0 Å². The maximum atomic E-state index is 14.8. The van der Waals surface area contributed by atoms with Crippen LogP contribution in [-0.2, 0) is 0 Å². The van der Waals surface area contributed by atoms with Gasteiger partial charge in [-0.1, -0.05) is 6.07 Å². The Balaban J connectivity index is 1.30. The quantitative estimate of drug-likeness (QED) is 0.431. The summed E-state index contributed by atoms with van der Waals surface area (Å²) in [7, 11) is 0. The van der Waals surface area contributed by atoms with Crippen molar-refractivity contribution in [1.29, 1.82) is 0 Å². The van der Waals surface area contributed by atoms with Crippen molar-refractivity contribution < 1.29 is 9.18 Å². The SMILES string of the molecule is Cc1cc(F)c(C(=O)Nc2cccc(-c3nnc4ncccn34)n2)cc1-n1cnc(C2CC2)c1. The number of anilines is 1. The Bertz CT molecular complexity index is 1550. The van der Waals surface area contributed by atoms with Gasteiger partial charge in [0, 0.05) is 24.5 Å². The second-order valence-corrected chi connectivity index (χ2v) is 8.27. The van der Waals surface area contributed by atoms with E-state index in [1.54, 1.807) is 60.4 Å². The Hall–Kier alpha value is -4.47. The fourth-order valence-electron chi connectivity index (χ4n) is 3.90. The van der Waals surface area contributed by atoms with Gasteiger partial charge in [0.25, 0.3) is 11.7 Å². The molecule has 1 amide bonds. The number of carbonyl (C=O) groups is 1. The van der Waals surface area contributed by atoms with Crippen LogP contribution in [0.2, 0.25) is 0 Å². The molecule has 1 N–H and O–H groups in total. The predicted octanol–water partition coefficient (Wildman–Crippen LogP) is 3.95. The molecule has 0 saturated heterocycles. The molecule has 0 bridgehead atoms. The standard InChI is InChI=1S/C24H19FN8O/c1-14-10-17(25)16(11-20(14)32-12-19(27-13-32)15-6-7-15)23(34)29-21-5-2-4-18(28-21)22-30-31-24-26-8-3-9-33(22)24/h2-5,8-13,15H,6-7H2,1H3,(H,28,29,34). The second-order valence-electron chi connectivity index (χ2n) is 8.27. The Morgan fingerprint density at radius 2 is 2.03 bits per heavy atom. The number of rotatable bonds is 5. The number of pyridine rings is 1. The lowest BCUT2D eigenvalue weighted by Crippen LogP contribution is -2.16. The minimum Gasteiger partial charge on any atom is -0.306 e. The van der Waals surface area contributed by atoms with E-state index in [1.165, 1.54) is 6.07 Å². The molecule has 6 rings (SSSR count). The number of amides is 1. The average Bonchev–Trinajstić information content (AvgIpc) is 3.41. The van der Waals surface area contributed by atoms with E-state index in [1.807, 2.05) is 10.8 Å². The molecule has 0 spiro atoms. The molecule has 0 unspecified atom stereocenters. The Morgan fingerprint density at radius 1 is 1.15 bits per heavy atom. The molecule has 0 atom stereocenters. The van der Waals surface area contributed by atoms with E-state index in [-0.39, 0.29) is 11.4 Å². The Morgan fingerprint density at radius 3 is 2.88 bits per heavy atom. The zero-order valence-electron chi connectivity index (χ0n) is 18.2. The summed E-state index contributed by atoms with van der Waals surface area (Å²) in [5, 5.41) is 10.9. The van der Waals surface area contributed by atoms with E-state index in [2.05, 4.69) is 30.5 Å². The summed E-state index contributed by atoms with van der Waals surface area (Å²) < 4.78 is 18.3. The number of aryl methyl sites for hydroxylation is 1. The molecule has 168 valence electrons. The molecule has 1 aromatic carbocycles. The summed E-state index contributed by atoms with van der Waals surface area (Å²) in [4.78, 5) is 26.1. The summed E-state index contributed by atoms with van der Waals surface area (Å²) in [6.07, 6.45) is 9.33. The van der Waals surface area contributed by atoms with Crippen LogP contribution in [-0.4, -0.2) is 40.0 Å². The molecular weight excluding hydrogens is 435 g/mol. The van der Waals surface area contributed by atoms with Crippen LogP contribution in [0.4, 0.5) is 10.2 Å². The van der Waals surface area contributed by atoms with Crippen LogP contribution >= 0.6 is 0 Å². The summed E-state index contributed by atoms with van der Waals surface area (Å²) in [5.41, 5.74) is 2.85. The predicted molar refractivity (Wildman–Crippen MR) is 122 cm³/mol. The molecule has 9 nitrogen and oxygen atoms in total. The number of nitrogens with one attached hydrogen (secondary N) is 1. The van der Waals surface area contributed by atoms with E-state index >= 15 is 0 Å². The first-order valence-corrected chi connectivity index (χ1v) is 10.9. The third-order valence-electron chi connectivity index (χ3n) is 5.82. The van der Waals surface area contributed by atoms with Crippen LogP contribution in [0.15, 0.2) is 61.3 Å². The van der Waals surface area contributed by atoms with Crippen molar-refractivity contribution in [3.05, 3.63) is 84.0 Å².